The van der Waals surface area contributed by atoms with Crippen molar-refractivity contribution < 1.29 is 57.1 Å². The first-order valence-electron chi connectivity index (χ1n) is 11.9. The Kier molecular flexibility index (Phi) is 8.95. The van der Waals surface area contributed by atoms with Crippen molar-refractivity contribution in [3.05, 3.63) is 28.7 Å². The maximum absolute atomic E-state index is 13.6. The highest BCUT2D eigenvalue weighted by atomic mass is 32.2. The highest BCUT2D eigenvalue weighted by molar-refractivity contribution is 8.26. The first-order chi connectivity index (χ1) is 18.9. The van der Waals surface area contributed by atoms with Crippen LogP contribution in [-0.2, 0) is 47.7 Å². The van der Waals surface area contributed by atoms with Gasteiger partial charge in [0.15, 0.2) is 40.4 Å². The number of fused-ring (bicyclic) bond motifs is 1. The van der Waals surface area contributed by atoms with Crippen molar-refractivity contribution in [2.24, 2.45) is 0 Å². The molecule has 1 amide bonds. The summed E-state index contributed by atoms with van der Waals surface area (Å²) in [6, 6.07) is 5.13. The third-order valence-electron chi connectivity index (χ3n) is 5.74. The summed E-state index contributed by atoms with van der Waals surface area (Å²) in [4.78, 5) is 62.6. The third-order valence-corrected chi connectivity index (χ3v) is 7.07. The van der Waals surface area contributed by atoms with E-state index < -0.39 is 67.0 Å². The first-order valence-corrected chi connectivity index (χ1v) is 13.1. The number of benzene rings is 1. The summed E-state index contributed by atoms with van der Waals surface area (Å²) in [5.74, 6) is -2.52. The number of thioether (sulfide) groups is 1. The van der Waals surface area contributed by atoms with Gasteiger partial charge in [-0.1, -0.05) is 30.0 Å². The molecule has 0 aliphatic carbocycles. The summed E-state index contributed by atoms with van der Waals surface area (Å²) < 4.78 is 38.2. The summed E-state index contributed by atoms with van der Waals surface area (Å²) in [7, 11) is 0. The highest BCUT2D eigenvalue weighted by Gasteiger charge is 2.56. The summed E-state index contributed by atoms with van der Waals surface area (Å²) >= 11 is 6.46. The molecule has 0 saturated carbocycles. The van der Waals surface area contributed by atoms with Gasteiger partial charge in [-0.3, -0.25) is 28.9 Å². The van der Waals surface area contributed by atoms with Crippen LogP contribution in [0.4, 0.5) is 0 Å². The summed E-state index contributed by atoms with van der Waals surface area (Å²) in [6.45, 7) is 4.14. The minimum Gasteiger partial charge on any atom is -0.463 e. The van der Waals surface area contributed by atoms with E-state index in [0.717, 1.165) is 44.4 Å². The van der Waals surface area contributed by atoms with Crippen LogP contribution in [0.5, 0.6) is 11.5 Å². The zero-order valence-corrected chi connectivity index (χ0v) is 23.4. The zero-order chi connectivity index (χ0) is 29.1. The monoisotopic (exact) mass is 595 g/mol. The number of rotatable bonds is 7. The number of esters is 4. The smallest absolute Gasteiger partial charge is 0.303 e. The Morgan fingerprint density at radius 3 is 2.23 bits per heavy atom. The van der Waals surface area contributed by atoms with Gasteiger partial charge in [-0.15, -0.1) is 0 Å². The van der Waals surface area contributed by atoms with Crippen LogP contribution >= 0.6 is 24.0 Å². The van der Waals surface area contributed by atoms with Gasteiger partial charge in [0.2, 0.25) is 6.79 Å². The first kappa shape index (κ1) is 29.3. The topological polar surface area (TPSA) is 153 Å². The van der Waals surface area contributed by atoms with Crippen LogP contribution in [0.3, 0.4) is 0 Å². The second-order valence-electron chi connectivity index (χ2n) is 8.75. The van der Waals surface area contributed by atoms with Crippen molar-refractivity contribution >= 4 is 64.2 Å². The number of hydrogen-bond acceptors (Lipinski definition) is 14. The lowest BCUT2D eigenvalue weighted by molar-refractivity contribution is -0.268. The normalized spacial score (nSPS) is 26.4. The van der Waals surface area contributed by atoms with Crippen molar-refractivity contribution in [2.45, 2.75) is 58.3 Å². The molecule has 0 bridgehead atoms. The molecule has 4 rings (SSSR count). The van der Waals surface area contributed by atoms with E-state index in [4.69, 9.17) is 45.4 Å². The van der Waals surface area contributed by atoms with Crippen molar-refractivity contribution in [1.29, 1.82) is 0 Å². The largest absolute Gasteiger partial charge is 0.463 e. The fraction of sp³-hybridized carbons (Fsp3) is 0.440. The zero-order valence-electron chi connectivity index (χ0n) is 21.8. The van der Waals surface area contributed by atoms with Crippen LogP contribution in [0.25, 0.3) is 6.08 Å². The molecular weight excluding hydrogens is 570 g/mol. The molecule has 1 aromatic carbocycles. The molecule has 5 atom stereocenters. The van der Waals surface area contributed by atoms with E-state index in [1.807, 2.05) is 0 Å². The minimum atomic E-state index is -1.47. The molecule has 0 N–H and O–H groups in total. The molecule has 0 aromatic heterocycles. The van der Waals surface area contributed by atoms with E-state index >= 15 is 0 Å². The molecule has 214 valence electrons. The van der Waals surface area contributed by atoms with Gasteiger partial charge in [0.25, 0.3) is 5.91 Å². The van der Waals surface area contributed by atoms with E-state index in [9.17, 15) is 24.0 Å². The van der Waals surface area contributed by atoms with Crippen LogP contribution in [0.2, 0.25) is 0 Å². The fourth-order valence-corrected chi connectivity index (χ4v) is 5.58. The number of nitrogens with zero attached hydrogens (tertiary/aromatic N) is 1. The Labute approximate surface area is 238 Å². The molecule has 13 nitrogen and oxygen atoms in total. The molecule has 0 unspecified atom stereocenters. The molecule has 3 aliphatic heterocycles. The summed E-state index contributed by atoms with van der Waals surface area (Å²) in [6.07, 6.45) is -5.33. The Morgan fingerprint density at radius 1 is 0.950 bits per heavy atom. The predicted molar refractivity (Wildman–Crippen MR) is 140 cm³/mol. The second-order valence-corrected chi connectivity index (χ2v) is 10.4. The number of ether oxygens (including phenoxy) is 7. The molecule has 0 radical (unpaired) electrons. The standard InChI is InChI=1S/C25H25NO12S2/c1-11(27)32-9-18-20(35-12(2)28)21(36-13(3)29)22(37-14(4)30)24(38-18)26-23(31)19(40-25(26)39)8-15-5-6-16-17(7-15)34-10-33-16/h5-8,18,20-22,24H,9-10H2,1-4H3/b19-8+/t18-,20-,21-,22+,24-/m0/s1. The number of thiocarbonyl (C=S) groups is 1. The van der Waals surface area contributed by atoms with Crippen LogP contribution < -0.4 is 9.47 Å². The van der Waals surface area contributed by atoms with E-state index in [1.165, 1.54) is 0 Å². The summed E-state index contributed by atoms with van der Waals surface area (Å²) in [5.41, 5.74) is 0.631. The van der Waals surface area contributed by atoms with Gasteiger partial charge in [-0.05, 0) is 23.8 Å². The second kappa shape index (κ2) is 12.2. The van der Waals surface area contributed by atoms with Gasteiger partial charge in [0, 0.05) is 27.7 Å². The van der Waals surface area contributed by atoms with Crippen molar-refractivity contribution in [3.8, 4) is 11.5 Å². The number of amides is 1. The average Bonchev–Trinajstić information content (AvgIpc) is 3.43. The van der Waals surface area contributed by atoms with Gasteiger partial charge in [-0.2, -0.15) is 0 Å². The average molecular weight is 596 g/mol. The van der Waals surface area contributed by atoms with Gasteiger partial charge in [0.1, 0.15) is 12.7 Å². The maximum atomic E-state index is 13.6. The molecular formula is C25H25NO12S2. The SMILES string of the molecule is CC(=O)OC[C@@H]1O[C@H](N2C(=O)/C(=C\c3ccc4c(c3)OCO4)SC2=S)[C@H](OC(C)=O)[C@@H](OC(C)=O)[C@H]1OC(C)=O. The lowest BCUT2D eigenvalue weighted by atomic mass is 9.96. The molecule has 2 saturated heterocycles. The van der Waals surface area contributed by atoms with E-state index in [-0.39, 0.29) is 16.0 Å². The van der Waals surface area contributed by atoms with Crippen LogP contribution in [-0.4, -0.2) is 83.0 Å². The lowest BCUT2D eigenvalue weighted by Crippen LogP contribution is -2.66. The van der Waals surface area contributed by atoms with Gasteiger partial charge in [-0.25, -0.2) is 0 Å². The van der Waals surface area contributed by atoms with Gasteiger partial charge < -0.3 is 33.2 Å². The van der Waals surface area contributed by atoms with Crippen molar-refractivity contribution in [3.63, 3.8) is 0 Å². The fourth-order valence-electron chi connectivity index (χ4n) is 4.27. The highest BCUT2D eigenvalue weighted by Crippen LogP contribution is 2.40. The van der Waals surface area contributed by atoms with E-state index in [1.54, 1.807) is 24.3 Å². The van der Waals surface area contributed by atoms with E-state index in [2.05, 4.69) is 0 Å². The van der Waals surface area contributed by atoms with Crippen LogP contribution in [0.15, 0.2) is 23.1 Å². The van der Waals surface area contributed by atoms with Gasteiger partial charge in [0.05, 0.1) is 4.91 Å². The Balaban J connectivity index is 1.71. The summed E-state index contributed by atoms with van der Waals surface area (Å²) in [5, 5.41) is 0. The van der Waals surface area contributed by atoms with E-state index in [0.29, 0.717) is 17.1 Å². The predicted octanol–water partition coefficient (Wildman–Crippen LogP) is 1.70. The molecule has 2 fully saturated rings. The Bertz CT molecular complexity index is 1280. The Hall–Kier alpha value is -3.69. The molecule has 15 heteroatoms. The van der Waals surface area contributed by atoms with Crippen LogP contribution in [0, 0.1) is 0 Å². The maximum Gasteiger partial charge on any atom is 0.303 e. The van der Waals surface area contributed by atoms with Crippen molar-refractivity contribution in [1.82, 2.24) is 4.90 Å². The number of carbonyl (C=O) groups is 5. The quantitative estimate of drug-likeness (QED) is 0.194. The molecule has 3 aliphatic rings. The van der Waals surface area contributed by atoms with Gasteiger partial charge >= 0.3 is 23.9 Å². The molecule has 3 heterocycles. The lowest BCUT2D eigenvalue weighted by Gasteiger charge is -2.46. The Morgan fingerprint density at radius 2 is 1.57 bits per heavy atom. The number of hydrogen-bond donors (Lipinski definition) is 0. The molecule has 1 aromatic rings. The number of carbonyl (C=O) groups excluding carboxylic acids is 5. The molecule has 0 spiro atoms. The van der Waals surface area contributed by atoms with Crippen LogP contribution in [0.1, 0.15) is 33.3 Å². The van der Waals surface area contributed by atoms with Crippen molar-refractivity contribution in [2.75, 3.05) is 13.4 Å². The minimum absolute atomic E-state index is 0.0536. The molecule has 40 heavy (non-hydrogen) atoms. The third kappa shape index (κ3) is 6.54.